The highest BCUT2D eigenvalue weighted by Gasteiger charge is 2.32. The van der Waals surface area contributed by atoms with Gasteiger partial charge in [0.1, 0.15) is 9.88 Å². The molecule has 0 bridgehead atoms. The van der Waals surface area contributed by atoms with E-state index in [0.717, 1.165) is 6.20 Å². The van der Waals surface area contributed by atoms with Crippen LogP contribution in [-0.2, 0) is 12.8 Å². The minimum Gasteiger partial charge on any atom is -0.389 e. The third-order valence-electron chi connectivity index (χ3n) is 0.968. The molecule has 6 heteroatoms. The molecule has 1 aromatic heterocycles. The van der Waals surface area contributed by atoms with Crippen LogP contribution in [0.2, 0.25) is 0 Å². The van der Waals surface area contributed by atoms with Gasteiger partial charge in [-0.2, -0.15) is 13.2 Å². The number of rotatable bonds is 1. The molecule has 11 heavy (non-hydrogen) atoms. The maximum atomic E-state index is 11.8. The van der Waals surface area contributed by atoms with Gasteiger partial charge in [-0.15, -0.1) is 11.3 Å². The van der Waals surface area contributed by atoms with Gasteiger partial charge in [-0.1, -0.05) is 0 Å². The molecule has 2 nitrogen and oxygen atoms in total. The fraction of sp³-hybridized carbons (Fsp3) is 0.400. The normalized spacial score (nSPS) is 12.0. The van der Waals surface area contributed by atoms with Crippen molar-refractivity contribution in [1.82, 2.24) is 4.98 Å². The largest absolute Gasteiger partial charge is 0.427 e. The van der Waals surface area contributed by atoms with Crippen LogP contribution in [0.3, 0.4) is 0 Å². The summed E-state index contributed by atoms with van der Waals surface area (Å²) in [4.78, 5) is 2.57. The van der Waals surface area contributed by atoms with Crippen LogP contribution in [0, 0.1) is 0 Å². The highest BCUT2D eigenvalue weighted by Crippen LogP contribution is 2.33. The monoisotopic (exact) mass is 183 g/mol. The van der Waals surface area contributed by atoms with Crippen LogP contribution in [0.1, 0.15) is 9.88 Å². The second kappa shape index (κ2) is 2.78. The van der Waals surface area contributed by atoms with Crippen LogP contribution in [0.4, 0.5) is 13.2 Å². The van der Waals surface area contributed by atoms with E-state index >= 15 is 0 Å². The van der Waals surface area contributed by atoms with Gasteiger partial charge < -0.3 is 5.11 Å². The Morgan fingerprint density at radius 3 is 2.45 bits per heavy atom. The molecule has 62 valence electrons. The summed E-state index contributed by atoms with van der Waals surface area (Å²) in [5.74, 6) is 0. The number of alkyl halides is 3. The molecule has 0 fully saturated rings. The number of nitrogens with zero attached hydrogens (tertiary/aromatic N) is 1. The molecule has 0 saturated heterocycles. The predicted molar refractivity (Wildman–Crippen MR) is 33.0 cm³/mol. The van der Waals surface area contributed by atoms with Crippen LogP contribution in [0.25, 0.3) is 0 Å². The molecular weight excluding hydrogens is 179 g/mol. The highest BCUT2D eigenvalue weighted by molar-refractivity contribution is 7.11. The summed E-state index contributed by atoms with van der Waals surface area (Å²) < 4.78 is 35.5. The fourth-order valence-electron chi connectivity index (χ4n) is 0.514. The minimum absolute atomic E-state index is 0.0809. The summed E-state index contributed by atoms with van der Waals surface area (Å²) in [7, 11) is 0. The van der Waals surface area contributed by atoms with E-state index in [2.05, 4.69) is 4.98 Å². The van der Waals surface area contributed by atoms with Gasteiger partial charge >= 0.3 is 6.18 Å². The van der Waals surface area contributed by atoms with E-state index in [4.69, 9.17) is 5.11 Å². The van der Waals surface area contributed by atoms with Crippen molar-refractivity contribution in [1.29, 1.82) is 0 Å². The van der Waals surface area contributed by atoms with Crippen LogP contribution >= 0.6 is 11.3 Å². The molecule has 0 atom stereocenters. The quantitative estimate of drug-likeness (QED) is 0.718. The van der Waals surface area contributed by atoms with E-state index in [0.29, 0.717) is 11.3 Å². The smallest absolute Gasteiger partial charge is 0.389 e. The zero-order valence-electron chi connectivity index (χ0n) is 5.22. The predicted octanol–water partition coefficient (Wildman–Crippen LogP) is 1.65. The van der Waals surface area contributed by atoms with Crippen molar-refractivity contribution in [3.63, 3.8) is 0 Å². The summed E-state index contributed by atoms with van der Waals surface area (Å²) in [6.07, 6.45) is -3.62. The Kier molecular flexibility index (Phi) is 2.15. The number of thiazole rings is 1. The molecule has 1 N–H and O–H groups in total. The Morgan fingerprint density at radius 1 is 1.55 bits per heavy atom. The first-order valence-electron chi connectivity index (χ1n) is 2.67. The summed E-state index contributed by atoms with van der Waals surface area (Å²) in [6.45, 7) is -0.444. The third kappa shape index (κ3) is 1.90. The average molecular weight is 183 g/mol. The van der Waals surface area contributed by atoms with Gasteiger partial charge in [0.25, 0.3) is 0 Å². The summed E-state index contributed by atoms with van der Waals surface area (Å²) in [5, 5.41) is 8.48. The zero-order chi connectivity index (χ0) is 8.48. The standard InChI is InChI=1S/C5H4F3NOS/c6-5(7,8)3-1-9-4(2-10)11-3/h1,10H,2H2. The van der Waals surface area contributed by atoms with Gasteiger partial charge in [0.15, 0.2) is 0 Å². The van der Waals surface area contributed by atoms with E-state index in [-0.39, 0.29) is 5.01 Å². The lowest BCUT2D eigenvalue weighted by atomic mass is 10.5. The van der Waals surface area contributed by atoms with E-state index in [9.17, 15) is 13.2 Å². The summed E-state index contributed by atoms with van der Waals surface area (Å²) in [5.41, 5.74) is 0. The number of aliphatic hydroxyl groups excluding tert-OH is 1. The number of halogens is 3. The van der Waals surface area contributed by atoms with Crippen molar-refractivity contribution < 1.29 is 18.3 Å². The second-order valence-corrected chi connectivity index (χ2v) is 2.89. The third-order valence-corrected chi connectivity index (χ3v) is 2.00. The van der Waals surface area contributed by atoms with Crippen molar-refractivity contribution >= 4 is 11.3 Å². The molecule has 0 unspecified atom stereocenters. The molecule has 1 aromatic rings. The lowest BCUT2D eigenvalue weighted by Crippen LogP contribution is -2.00. The van der Waals surface area contributed by atoms with Crippen LogP contribution in [0.5, 0.6) is 0 Å². The molecule has 0 aliphatic carbocycles. The number of aliphatic hydroxyl groups is 1. The van der Waals surface area contributed by atoms with Crippen LogP contribution in [0.15, 0.2) is 6.20 Å². The van der Waals surface area contributed by atoms with Gasteiger partial charge in [-0.05, 0) is 0 Å². The lowest BCUT2D eigenvalue weighted by molar-refractivity contribution is -0.134. The average Bonchev–Trinajstić information content (AvgIpc) is 2.32. The van der Waals surface area contributed by atoms with Crippen molar-refractivity contribution in [3.05, 3.63) is 16.1 Å². The molecule has 0 saturated carbocycles. The Hall–Kier alpha value is -0.620. The molecule has 1 heterocycles. The first-order chi connectivity index (χ1) is 5.04. The molecule has 0 aromatic carbocycles. The fourth-order valence-corrected chi connectivity index (χ4v) is 1.16. The van der Waals surface area contributed by atoms with Gasteiger partial charge in [0, 0.05) is 0 Å². The van der Waals surface area contributed by atoms with Crippen molar-refractivity contribution in [2.75, 3.05) is 0 Å². The SMILES string of the molecule is OCc1ncc(C(F)(F)F)s1. The van der Waals surface area contributed by atoms with Gasteiger partial charge in [-0.3, -0.25) is 0 Å². The van der Waals surface area contributed by atoms with Gasteiger partial charge in [-0.25, -0.2) is 4.98 Å². The van der Waals surface area contributed by atoms with E-state index in [1.54, 1.807) is 0 Å². The second-order valence-electron chi connectivity index (χ2n) is 1.77. The molecule has 0 aliphatic heterocycles. The molecule has 0 aliphatic rings. The van der Waals surface area contributed by atoms with Crippen molar-refractivity contribution in [3.8, 4) is 0 Å². The Morgan fingerprint density at radius 2 is 2.18 bits per heavy atom. The molecule has 1 rings (SSSR count). The lowest BCUT2D eigenvalue weighted by Gasteiger charge is -1.98. The molecule has 0 radical (unpaired) electrons. The number of hydrogen-bond acceptors (Lipinski definition) is 3. The number of hydrogen-bond donors (Lipinski definition) is 1. The molecule has 0 spiro atoms. The maximum Gasteiger partial charge on any atom is 0.427 e. The maximum absolute atomic E-state index is 11.8. The Balaban J connectivity index is 2.89. The van der Waals surface area contributed by atoms with E-state index in [1.165, 1.54) is 0 Å². The zero-order valence-corrected chi connectivity index (χ0v) is 6.04. The molecule has 0 amide bonds. The van der Waals surface area contributed by atoms with Gasteiger partial charge in [0.2, 0.25) is 0 Å². The number of aromatic nitrogens is 1. The van der Waals surface area contributed by atoms with Crippen LogP contribution < -0.4 is 0 Å². The topological polar surface area (TPSA) is 33.1 Å². The molecular formula is C5H4F3NOS. The Labute approximate surface area is 64.3 Å². The summed E-state index contributed by atoms with van der Waals surface area (Å²) >= 11 is 0.454. The van der Waals surface area contributed by atoms with Crippen molar-refractivity contribution in [2.24, 2.45) is 0 Å². The van der Waals surface area contributed by atoms with Gasteiger partial charge in [0.05, 0.1) is 12.8 Å². The van der Waals surface area contributed by atoms with E-state index < -0.39 is 17.7 Å². The first kappa shape index (κ1) is 8.48. The van der Waals surface area contributed by atoms with E-state index in [1.807, 2.05) is 0 Å². The Bertz CT molecular complexity index is 244. The minimum atomic E-state index is -4.34. The van der Waals surface area contributed by atoms with Crippen molar-refractivity contribution in [2.45, 2.75) is 12.8 Å². The summed E-state index contributed by atoms with van der Waals surface area (Å²) in [6, 6.07) is 0. The highest BCUT2D eigenvalue weighted by atomic mass is 32.1. The van der Waals surface area contributed by atoms with Crippen LogP contribution in [-0.4, -0.2) is 10.1 Å². The first-order valence-corrected chi connectivity index (χ1v) is 3.48.